The van der Waals surface area contributed by atoms with E-state index in [-0.39, 0.29) is 51.6 Å². The fourth-order valence-electron chi connectivity index (χ4n) is 3.79. The molecular formula is C19H31ClN4O6S. The Morgan fingerprint density at radius 3 is 2.48 bits per heavy atom. The molecule has 0 unspecified atom stereocenters. The Bertz CT molecular complexity index is 809. The largest absolute Gasteiger partial charge is 0.492 e. The average Bonchev–Trinajstić information content (AvgIpc) is 2.79. The molecule has 2 aliphatic rings. The van der Waals surface area contributed by atoms with Crippen LogP contribution in [0.15, 0.2) is 18.3 Å². The molecule has 10 nitrogen and oxygen atoms in total. The molecule has 2 N–H and O–H groups in total. The first kappa shape index (κ1) is 25.6. The lowest BCUT2D eigenvalue weighted by molar-refractivity contribution is -0.134. The maximum Gasteiger partial charge on any atom is 0.266 e. The number of rotatable bonds is 8. The second-order valence-corrected chi connectivity index (χ2v) is 9.74. The number of pyridine rings is 1. The first-order valence-corrected chi connectivity index (χ1v) is 11.7. The zero-order chi connectivity index (χ0) is 21.6. The quantitative estimate of drug-likeness (QED) is 0.324. The second kappa shape index (κ2) is 11.3. The normalized spacial score (nSPS) is 19.4. The highest BCUT2D eigenvalue weighted by atomic mass is 35.5. The van der Waals surface area contributed by atoms with Crippen molar-refractivity contribution >= 4 is 34.2 Å². The van der Waals surface area contributed by atoms with Crippen LogP contribution in [0, 0.1) is 0 Å². The molecule has 0 saturated carbocycles. The lowest BCUT2D eigenvalue weighted by Gasteiger charge is -2.41. The van der Waals surface area contributed by atoms with Gasteiger partial charge in [-0.2, -0.15) is 4.31 Å². The van der Waals surface area contributed by atoms with E-state index in [0.717, 1.165) is 18.7 Å². The molecule has 2 fully saturated rings. The highest BCUT2D eigenvalue weighted by Crippen LogP contribution is 2.33. The number of unbranched alkanes of at least 4 members (excludes halogenated alkanes) is 1. The minimum Gasteiger partial charge on any atom is -0.492 e. The molecule has 176 valence electrons. The van der Waals surface area contributed by atoms with E-state index in [0.29, 0.717) is 25.4 Å². The summed E-state index contributed by atoms with van der Waals surface area (Å²) in [5, 5.41) is 9.15. The molecule has 1 amide bonds. The van der Waals surface area contributed by atoms with Crippen LogP contribution in [-0.4, -0.2) is 79.6 Å². The first-order valence-electron chi connectivity index (χ1n) is 10.3. The Morgan fingerprint density at radius 1 is 1.26 bits per heavy atom. The van der Waals surface area contributed by atoms with Crippen LogP contribution >= 0.6 is 12.4 Å². The Kier molecular flexibility index (Phi) is 9.31. The van der Waals surface area contributed by atoms with Gasteiger partial charge >= 0.3 is 0 Å². The highest BCUT2D eigenvalue weighted by molar-refractivity contribution is 7.91. The smallest absolute Gasteiger partial charge is 0.266 e. The van der Waals surface area contributed by atoms with Crippen LogP contribution in [-0.2, 0) is 19.6 Å². The van der Waals surface area contributed by atoms with Crippen molar-refractivity contribution in [1.82, 2.24) is 14.8 Å². The van der Waals surface area contributed by atoms with Crippen molar-refractivity contribution in [2.24, 2.45) is 0 Å². The van der Waals surface area contributed by atoms with Gasteiger partial charge in [0.1, 0.15) is 11.6 Å². The van der Waals surface area contributed by atoms with Crippen molar-refractivity contribution in [3.8, 4) is 5.75 Å². The lowest BCUT2D eigenvalue weighted by atomic mass is 9.98. The summed E-state index contributed by atoms with van der Waals surface area (Å²) in [6.45, 7) is 4.45. The van der Waals surface area contributed by atoms with Crippen molar-refractivity contribution < 1.29 is 27.9 Å². The molecule has 1 aromatic heterocycles. The molecule has 3 heterocycles. The number of carbonyl (C=O) groups excluding carboxylic acids is 1. The van der Waals surface area contributed by atoms with E-state index in [9.17, 15) is 13.2 Å². The molecule has 2 aliphatic heterocycles. The standard InChI is InChI=1S/C19H30N4O6S.ClH/c1-2-3-12-29-16-4-5-17(20-15-16)22-8-10-23(11-9-22)30(26,27)19(18(24)21-25)6-13-28-14-7-19;/h4-5,15,25H,2-3,6-14H2,1H3,(H,21,24);1H. The Balaban J connectivity index is 0.00000341. The van der Waals surface area contributed by atoms with Gasteiger partial charge < -0.3 is 14.4 Å². The Labute approximate surface area is 189 Å². The fourth-order valence-corrected chi connectivity index (χ4v) is 5.89. The van der Waals surface area contributed by atoms with E-state index in [1.54, 1.807) is 11.7 Å². The van der Waals surface area contributed by atoms with Crippen molar-refractivity contribution in [3.05, 3.63) is 18.3 Å². The minimum atomic E-state index is -3.97. The summed E-state index contributed by atoms with van der Waals surface area (Å²) in [6, 6.07) is 3.73. The maximum atomic E-state index is 13.3. The third-order valence-electron chi connectivity index (χ3n) is 5.70. The predicted molar refractivity (Wildman–Crippen MR) is 117 cm³/mol. The second-order valence-electron chi connectivity index (χ2n) is 7.49. The lowest BCUT2D eigenvalue weighted by Crippen LogP contribution is -2.62. The van der Waals surface area contributed by atoms with E-state index in [1.807, 2.05) is 17.0 Å². The molecule has 2 saturated heterocycles. The number of anilines is 1. The van der Waals surface area contributed by atoms with Gasteiger partial charge in [0.05, 0.1) is 12.8 Å². The fraction of sp³-hybridized carbons (Fsp3) is 0.684. The average molecular weight is 479 g/mol. The van der Waals surface area contributed by atoms with Gasteiger partial charge in [-0.15, -0.1) is 12.4 Å². The molecule has 0 radical (unpaired) electrons. The number of piperazine rings is 1. The molecule has 12 heteroatoms. The molecule has 0 spiro atoms. The number of halogens is 1. The molecule has 1 aromatic rings. The molecule has 0 bridgehead atoms. The molecule has 31 heavy (non-hydrogen) atoms. The van der Waals surface area contributed by atoms with Crippen LogP contribution in [0.25, 0.3) is 0 Å². The third-order valence-corrected chi connectivity index (χ3v) is 8.33. The zero-order valence-electron chi connectivity index (χ0n) is 17.7. The van der Waals surface area contributed by atoms with Gasteiger partial charge in [-0.25, -0.2) is 18.9 Å². The topological polar surface area (TPSA) is 121 Å². The van der Waals surface area contributed by atoms with Gasteiger partial charge in [-0.3, -0.25) is 10.0 Å². The number of hydroxylamine groups is 1. The summed E-state index contributed by atoms with van der Waals surface area (Å²) >= 11 is 0. The van der Waals surface area contributed by atoms with Crippen LogP contribution in [0.2, 0.25) is 0 Å². The van der Waals surface area contributed by atoms with Crippen molar-refractivity contribution in [1.29, 1.82) is 0 Å². The summed E-state index contributed by atoms with van der Waals surface area (Å²) in [4.78, 5) is 18.8. The van der Waals surface area contributed by atoms with Crippen LogP contribution in [0.4, 0.5) is 5.82 Å². The molecule has 0 aromatic carbocycles. The van der Waals surface area contributed by atoms with Gasteiger partial charge in [0.2, 0.25) is 10.0 Å². The first-order chi connectivity index (χ1) is 14.4. The number of aromatic nitrogens is 1. The van der Waals surface area contributed by atoms with E-state index in [1.165, 1.54) is 4.31 Å². The predicted octanol–water partition coefficient (Wildman–Crippen LogP) is 1.19. The van der Waals surface area contributed by atoms with Gasteiger partial charge in [0.15, 0.2) is 4.75 Å². The highest BCUT2D eigenvalue weighted by Gasteiger charge is 2.54. The van der Waals surface area contributed by atoms with E-state index in [2.05, 4.69) is 11.9 Å². The maximum absolute atomic E-state index is 13.3. The Hall–Kier alpha value is -1.66. The van der Waals surface area contributed by atoms with E-state index < -0.39 is 20.7 Å². The van der Waals surface area contributed by atoms with Gasteiger partial charge in [-0.05, 0) is 18.6 Å². The van der Waals surface area contributed by atoms with Gasteiger partial charge in [0, 0.05) is 52.2 Å². The summed E-state index contributed by atoms with van der Waals surface area (Å²) in [5.74, 6) is 0.571. The molecular weight excluding hydrogens is 448 g/mol. The minimum absolute atomic E-state index is 0. The molecule has 3 rings (SSSR count). The number of carbonyl (C=O) groups is 1. The van der Waals surface area contributed by atoms with Crippen LogP contribution in [0.3, 0.4) is 0 Å². The number of hydrogen-bond acceptors (Lipinski definition) is 8. The number of hydrogen-bond donors (Lipinski definition) is 2. The number of ether oxygens (including phenoxy) is 2. The monoisotopic (exact) mass is 478 g/mol. The number of sulfonamides is 1. The number of nitrogens with one attached hydrogen (secondary N) is 1. The molecule has 0 atom stereocenters. The van der Waals surface area contributed by atoms with E-state index >= 15 is 0 Å². The SMILES string of the molecule is CCCCOc1ccc(N2CCN(S(=O)(=O)C3(C(=O)NO)CCOCC3)CC2)nc1.Cl. The third kappa shape index (κ3) is 5.40. The summed E-state index contributed by atoms with van der Waals surface area (Å²) in [7, 11) is -3.97. The number of amides is 1. The van der Waals surface area contributed by atoms with Crippen molar-refractivity contribution in [2.45, 2.75) is 37.4 Å². The van der Waals surface area contributed by atoms with Gasteiger partial charge in [0.25, 0.3) is 5.91 Å². The van der Waals surface area contributed by atoms with Crippen LogP contribution in [0.5, 0.6) is 5.75 Å². The summed E-state index contributed by atoms with van der Waals surface area (Å²) in [5.41, 5.74) is 1.55. The zero-order valence-corrected chi connectivity index (χ0v) is 19.3. The molecule has 0 aliphatic carbocycles. The number of nitrogens with zero attached hydrogens (tertiary/aromatic N) is 3. The van der Waals surface area contributed by atoms with Crippen LogP contribution in [0.1, 0.15) is 32.6 Å². The Morgan fingerprint density at radius 2 is 1.94 bits per heavy atom. The van der Waals surface area contributed by atoms with Crippen molar-refractivity contribution in [2.75, 3.05) is 50.9 Å². The summed E-state index contributed by atoms with van der Waals surface area (Å²) in [6.07, 6.45) is 3.76. The van der Waals surface area contributed by atoms with Gasteiger partial charge in [-0.1, -0.05) is 13.3 Å². The van der Waals surface area contributed by atoms with Crippen LogP contribution < -0.4 is 15.1 Å². The van der Waals surface area contributed by atoms with E-state index in [4.69, 9.17) is 14.7 Å². The van der Waals surface area contributed by atoms with Crippen molar-refractivity contribution in [3.63, 3.8) is 0 Å². The summed E-state index contributed by atoms with van der Waals surface area (Å²) < 4.78 is 37.2.